The van der Waals surface area contributed by atoms with E-state index in [2.05, 4.69) is 34.1 Å². The molecule has 3 saturated carbocycles. The molecular formula is C30H36N4O6S-2. The van der Waals surface area contributed by atoms with Gasteiger partial charge in [-0.05, 0) is 79.4 Å². The van der Waals surface area contributed by atoms with Gasteiger partial charge in [-0.1, -0.05) is 25.0 Å². The van der Waals surface area contributed by atoms with Gasteiger partial charge in [-0.3, -0.25) is 19.4 Å². The number of likely N-dealkylation sites (tertiary alicyclic amines) is 1. The zero-order valence-electron chi connectivity index (χ0n) is 23.1. The highest BCUT2D eigenvalue weighted by atomic mass is 32.1. The van der Waals surface area contributed by atoms with Crippen molar-refractivity contribution in [3.8, 4) is 0 Å². The van der Waals surface area contributed by atoms with Gasteiger partial charge in [-0.15, -0.1) is 0 Å². The number of carboxylic acid groups (broad SMARTS) is 2. The van der Waals surface area contributed by atoms with E-state index in [4.69, 9.17) is 24.2 Å². The summed E-state index contributed by atoms with van der Waals surface area (Å²) in [5, 5.41) is 19.1. The van der Waals surface area contributed by atoms with Crippen molar-refractivity contribution in [2.75, 3.05) is 44.2 Å². The molecule has 2 aliphatic heterocycles. The van der Waals surface area contributed by atoms with Crippen LogP contribution in [0.1, 0.15) is 44.9 Å². The molecule has 10 nitrogen and oxygen atoms in total. The van der Waals surface area contributed by atoms with Crippen LogP contribution in [0.2, 0.25) is 0 Å². The van der Waals surface area contributed by atoms with Gasteiger partial charge in [-0.2, -0.15) is 4.37 Å². The number of hydrogen-bond donors (Lipinski definition) is 0. The largest absolute Gasteiger partial charge is 0.543 e. The van der Waals surface area contributed by atoms with Gasteiger partial charge in [-0.25, -0.2) is 0 Å². The number of hydrogen-bond acceptors (Lipinski definition) is 10. The predicted molar refractivity (Wildman–Crippen MR) is 148 cm³/mol. The topological polar surface area (TPSA) is 137 Å². The number of fused-ring (bicyclic) bond motifs is 6. The Labute approximate surface area is 243 Å². The van der Waals surface area contributed by atoms with Crippen LogP contribution < -0.4 is 15.1 Å². The summed E-state index contributed by atoms with van der Waals surface area (Å²) in [5.41, 5.74) is 0. The van der Waals surface area contributed by atoms with Crippen LogP contribution in [0.5, 0.6) is 0 Å². The Morgan fingerprint density at radius 1 is 0.829 bits per heavy atom. The Morgan fingerprint density at radius 3 is 2.02 bits per heavy atom. The van der Waals surface area contributed by atoms with Crippen molar-refractivity contribution < 1.29 is 29.4 Å². The number of aliphatic carboxylic acids is 2. The molecule has 220 valence electrons. The third-order valence-corrected chi connectivity index (χ3v) is 11.0. The lowest BCUT2D eigenvalue weighted by Crippen LogP contribution is -2.49. The molecule has 3 aliphatic carbocycles. The van der Waals surface area contributed by atoms with Crippen molar-refractivity contribution in [2.45, 2.75) is 44.9 Å². The van der Waals surface area contributed by atoms with Crippen LogP contribution in [0.25, 0.3) is 10.1 Å². The van der Waals surface area contributed by atoms with E-state index in [9.17, 15) is 9.59 Å². The lowest BCUT2D eigenvalue weighted by Gasteiger charge is -2.40. The van der Waals surface area contributed by atoms with Gasteiger partial charge < -0.3 is 24.7 Å². The summed E-state index contributed by atoms with van der Waals surface area (Å²) < 4.78 is 6.02. The molecule has 1 aromatic heterocycles. The molecule has 6 atom stereocenters. The first-order valence-electron chi connectivity index (χ1n) is 14.9. The van der Waals surface area contributed by atoms with Crippen LogP contribution in [0, 0.1) is 35.5 Å². The number of carbonyl (C=O) groups excluding carboxylic acids is 4. The van der Waals surface area contributed by atoms with Crippen LogP contribution in [-0.4, -0.2) is 77.2 Å². The minimum Gasteiger partial charge on any atom is -0.543 e. The van der Waals surface area contributed by atoms with Gasteiger partial charge in [0.15, 0.2) is 0 Å². The van der Waals surface area contributed by atoms with Crippen molar-refractivity contribution in [3.05, 3.63) is 24.3 Å². The van der Waals surface area contributed by atoms with Crippen molar-refractivity contribution in [2.24, 2.45) is 35.5 Å². The molecule has 11 heteroatoms. The minimum absolute atomic E-state index is 0.0261. The maximum absolute atomic E-state index is 13.3. The molecule has 0 N–H and O–H groups in total. The molecule has 2 aromatic rings. The fourth-order valence-electron chi connectivity index (χ4n) is 8.22. The number of aromatic nitrogens is 1. The summed E-state index contributed by atoms with van der Waals surface area (Å²) in [5.74, 6) is -0.782. The second-order valence-corrected chi connectivity index (χ2v) is 13.1. The molecule has 41 heavy (non-hydrogen) atoms. The van der Waals surface area contributed by atoms with Crippen LogP contribution in [0.3, 0.4) is 0 Å². The van der Waals surface area contributed by atoms with E-state index in [0.29, 0.717) is 30.2 Å². The average Bonchev–Trinajstić information content (AvgIpc) is 3.75. The highest BCUT2D eigenvalue weighted by Crippen LogP contribution is 2.56. The van der Waals surface area contributed by atoms with Crippen molar-refractivity contribution in [3.63, 3.8) is 0 Å². The highest BCUT2D eigenvalue weighted by molar-refractivity contribution is 7.13. The van der Waals surface area contributed by atoms with E-state index in [1.54, 1.807) is 16.4 Å². The van der Waals surface area contributed by atoms with Crippen molar-refractivity contribution in [1.29, 1.82) is 0 Å². The summed E-state index contributed by atoms with van der Waals surface area (Å²) in [6.45, 7) is 5.93. The van der Waals surface area contributed by atoms with Crippen LogP contribution >= 0.6 is 11.5 Å². The fraction of sp³-hybridized carbons (Fsp3) is 0.633. The fourth-order valence-corrected chi connectivity index (χ4v) is 9.02. The number of nitrogens with zero attached hydrogens (tertiary/aromatic N) is 4. The lowest BCUT2D eigenvalue weighted by molar-refractivity contribution is -0.345. The number of imide groups is 1. The van der Waals surface area contributed by atoms with Gasteiger partial charge in [0.25, 0.3) is 0 Å². The molecule has 0 unspecified atom stereocenters. The Hall–Kier alpha value is -3.05. The molecular weight excluding hydrogens is 544 g/mol. The first-order chi connectivity index (χ1) is 19.8. The van der Waals surface area contributed by atoms with E-state index in [1.165, 1.54) is 29.3 Å². The Bertz CT molecular complexity index is 1280. The third-order valence-electron chi connectivity index (χ3n) is 10.2. The smallest absolute Gasteiger partial charge is 0.233 e. The summed E-state index contributed by atoms with van der Waals surface area (Å²) in [7, 11) is 0. The Kier molecular flexibility index (Phi) is 8.00. The number of anilines is 1. The SMILES string of the molecule is O=C([O-])C(=O)[O-].O=C1[C@@H]2[C@H]3CC[C@H](C3)[C@@H]2C(=O)N1C[C@@H]1CCCC[C@H]1CN1CCN(c2nsc3ccccc23)CC1. The molecule has 1 aromatic carbocycles. The lowest BCUT2D eigenvalue weighted by atomic mass is 9.78. The summed E-state index contributed by atoms with van der Waals surface area (Å²) >= 11 is 1.60. The predicted octanol–water partition coefficient (Wildman–Crippen LogP) is 0.742. The van der Waals surface area contributed by atoms with Gasteiger partial charge in [0.1, 0.15) is 5.82 Å². The second-order valence-electron chi connectivity index (χ2n) is 12.3. The first-order valence-corrected chi connectivity index (χ1v) is 15.7. The Balaban J connectivity index is 0.000000458. The number of piperazine rings is 1. The number of carbonyl (C=O) groups is 4. The van der Waals surface area contributed by atoms with Gasteiger partial charge in [0.2, 0.25) is 11.8 Å². The maximum Gasteiger partial charge on any atom is 0.233 e. The van der Waals surface area contributed by atoms with E-state index in [-0.39, 0.29) is 23.7 Å². The quantitative estimate of drug-likeness (QED) is 0.370. The van der Waals surface area contributed by atoms with Crippen LogP contribution in [0.4, 0.5) is 5.82 Å². The average molecular weight is 581 g/mol. The number of rotatable bonds is 5. The van der Waals surface area contributed by atoms with Gasteiger partial charge >= 0.3 is 0 Å². The number of amides is 2. The van der Waals surface area contributed by atoms with E-state index in [0.717, 1.165) is 64.2 Å². The molecule has 2 amide bonds. The third kappa shape index (κ3) is 5.46. The van der Waals surface area contributed by atoms with E-state index < -0.39 is 11.9 Å². The summed E-state index contributed by atoms with van der Waals surface area (Å²) in [4.78, 5) is 51.2. The first kappa shape index (κ1) is 28.1. The van der Waals surface area contributed by atoms with Crippen molar-refractivity contribution >= 4 is 51.2 Å². The number of benzene rings is 1. The molecule has 5 fully saturated rings. The molecule has 5 aliphatic rings. The summed E-state index contributed by atoms with van der Waals surface area (Å²) in [6, 6.07) is 8.54. The van der Waals surface area contributed by atoms with E-state index >= 15 is 0 Å². The van der Waals surface area contributed by atoms with Crippen molar-refractivity contribution in [1.82, 2.24) is 14.2 Å². The normalized spacial score (nSPS) is 31.3. The molecule has 2 saturated heterocycles. The molecule has 7 rings (SSSR count). The zero-order chi connectivity index (χ0) is 28.7. The van der Waals surface area contributed by atoms with Crippen LogP contribution in [-0.2, 0) is 19.2 Å². The number of carboxylic acids is 2. The molecule has 0 spiro atoms. The van der Waals surface area contributed by atoms with Gasteiger partial charge in [0.05, 0.1) is 28.5 Å². The monoisotopic (exact) mass is 580 g/mol. The van der Waals surface area contributed by atoms with E-state index in [1.807, 2.05) is 0 Å². The molecule has 3 heterocycles. The van der Waals surface area contributed by atoms with Crippen LogP contribution in [0.15, 0.2) is 24.3 Å². The zero-order valence-corrected chi connectivity index (χ0v) is 23.9. The highest BCUT2D eigenvalue weighted by Gasteiger charge is 2.61. The Morgan fingerprint density at radius 2 is 1.41 bits per heavy atom. The molecule has 0 radical (unpaired) electrons. The standard InChI is InChI=1S/C28H36N4O2S.C2H2O4/c33-27-24-18-9-10-19(15-18)25(24)28(34)32(27)17-21-6-2-1-5-20(21)16-30-11-13-31(14-12-30)26-22-7-3-4-8-23(22)35-29-26;3-1(4)2(5)6/h3-4,7-8,18-21,24-25H,1-2,5-6,9-17H2;(H,3,4)(H,5,6)/p-2/t18-,19+,20-,21-,24+,25-;/m0./s1. The summed E-state index contributed by atoms with van der Waals surface area (Å²) in [6.07, 6.45) is 8.35. The second kappa shape index (κ2) is 11.7. The van der Waals surface area contributed by atoms with Gasteiger partial charge in [0, 0.05) is 44.7 Å². The minimum atomic E-state index is -2.19. The maximum atomic E-state index is 13.3. The molecule has 2 bridgehead atoms.